The number of aryl methyl sites for hydroxylation is 1. The smallest absolute Gasteiger partial charge is 0.350 e. The molecule has 3 aromatic rings. The van der Waals surface area contributed by atoms with Crippen molar-refractivity contribution in [2.24, 2.45) is 0 Å². The van der Waals surface area contributed by atoms with E-state index in [0.717, 1.165) is 42.4 Å². The van der Waals surface area contributed by atoms with Gasteiger partial charge in [0.1, 0.15) is 17.5 Å². The number of aromatic nitrogens is 2. The minimum Gasteiger partial charge on any atom is -1.00 e. The Morgan fingerprint density at radius 2 is 1.71 bits per heavy atom. The zero-order valence-corrected chi connectivity index (χ0v) is 16.9. The second kappa shape index (κ2) is 9.22. The lowest BCUT2D eigenvalue weighted by Crippen LogP contribution is -3.00. The van der Waals surface area contributed by atoms with E-state index in [1.807, 2.05) is 55.5 Å². The van der Waals surface area contributed by atoms with Gasteiger partial charge in [0.05, 0.1) is 0 Å². The molecule has 1 saturated heterocycles. The van der Waals surface area contributed by atoms with Crippen molar-refractivity contribution in [2.75, 3.05) is 26.2 Å². The number of fused-ring (bicyclic) bond motifs is 1. The van der Waals surface area contributed by atoms with Crippen LogP contribution in [0.3, 0.4) is 0 Å². The third kappa shape index (κ3) is 4.21. The zero-order chi connectivity index (χ0) is 18.6. The Hall–Kier alpha value is -2.37. The number of nitrogens with one attached hydrogen (secondary N) is 1. The van der Waals surface area contributed by atoms with Crippen LogP contribution in [-0.2, 0) is 0 Å². The Kier molecular flexibility index (Phi) is 6.70. The maximum absolute atomic E-state index is 13.1. The predicted octanol–water partition coefficient (Wildman–Crippen LogP) is -0.0181. The standard InChI is InChI=1S/C22H25N3O2.ClH/c1-17-23-19-10-4-3-9-18(19)22(26)25(17)20-11-5-6-12-21(20)27-16-15-24-13-7-2-8-14-24;/h3-6,9-12H,2,7-8,13-16H2,1H3;1H. The third-order valence-corrected chi connectivity index (χ3v) is 5.23. The lowest BCUT2D eigenvalue weighted by molar-refractivity contribution is -0.362. The molecule has 1 aliphatic heterocycles. The minimum absolute atomic E-state index is 0. The summed E-state index contributed by atoms with van der Waals surface area (Å²) in [6.45, 7) is 5.78. The first kappa shape index (κ1) is 20.4. The van der Waals surface area contributed by atoms with Crippen molar-refractivity contribution in [2.45, 2.75) is 26.2 Å². The van der Waals surface area contributed by atoms with Gasteiger partial charge in [0.2, 0.25) is 0 Å². The molecule has 1 aliphatic rings. The van der Waals surface area contributed by atoms with Crippen molar-refractivity contribution in [3.05, 3.63) is 64.7 Å². The minimum atomic E-state index is -0.0334. The molecular formula is C22H26ClN3O2. The van der Waals surface area contributed by atoms with Crippen LogP contribution in [0, 0.1) is 6.92 Å². The number of likely N-dealkylation sites (tertiary alicyclic amines) is 1. The summed E-state index contributed by atoms with van der Waals surface area (Å²) in [6.07, 6.45) is 3.89. The number of halogens is 1. The summed E-state index contributed by atoms with van der Waals surface area (Å²) in [5, 5.41) is 0.672. The van der Waals surface area contributed by atoms with Crippen molar-refractivity contribution in [3.8, 4) is 11.4 Å². The number of rotatable bonds is 5. The van der Waals surface area contributed by atoms with Crippen molar-refractivity contribution in [1.82, 2.24) is 9.47 Å². The van der Waals surface area contributed by atoms with Crippen LogP contribution in [0.15, 0.2) is 53.3 Å². The predicted molar refractivity (Wildman–Crippen MR) is 107 cm³/mol. The Morgan fingerprint density at radius 1 is 1.00 bits per heavy atom. The molecule has 28 heavy (non-hydrogen) atoms. The Bertz CT molecular complexity index is 996. The molecule has 0 radical (unpaired) electrons. The third-order valence-electron chi connectivity index (χ3n) is 5.23. The fraction of sp³-hybridized carbons (Fsp3) is 0.364. The summed E-state index contributed by atoms with van der Waals surface area (Å²) < 4.78 is 7.81. The lowest BCUT2D eigenvalue weighted by atomic mass is 10.1. The Morgan fingerprint density at radius 3 is 2.54 bits per heavy atom. The molecule has 0 aliphatic carbocycles. The Labute approximate surface area is 171 Å². The van der Waals surface area contributed by atoms with E-state index < -0.39 is 0 Å². The van der Waals surface area contributed by atoms with E-state index in [-0.39, 0.29) is 18.0 Å². The number of ether oxygens (including phenoxy) is 1. The quantitative estimate of drug-likeness (QED) is 0.606. The van der Waals surface area contributed by atoms with Gasteiger partial charge in [0.25, 0.3) is 5.82 Å². The van der Waals surface area contributed by atoms with Crippen LogP contribution in [0.1, 0.15) is 25.1 Å². The van der Waals surface area contributed by atoms with Gasteiger partial charge in [-0.2, -0.15) is 4.57 Å². The van der Waals surface area contributed by atoms with Gasteiger partial charge in [0, 0.05) is 13.5 Å². The highest BCUT2D eigenvalue weighted by Crippen LogP contribution is 2.22. The van der Waals surface area contributed by atoms with Gasteiger partial charge in [0.15, 0.2) is 11.4 Å². The van der Waals surface area contributed by atoms with Gasteiger partial charge < -0.3 is 17.1 Å². The van der Waals surface area contributed by atoms with Crippen LogP contribution in [0.25, 0.3) is 16.6 Å². The SMILES string of the molecule is Cc1[nH+]c2ccccc2c(=O)n1-c1ccccc1OCCN1CCCCC1.[Cl-]. The molecule has 4 rings (SSSR count). The maximum Gasteiger partial charge on any atom is 0.350 e. The molecule has 0 unspecified atom stereocenters. The molecule has 0 amide bonds. The van der Waals surface area contributed by atoms with E-state index in [0.29, 0.717) is 12.0 Å². The second-order valence-corrected chi connectivity index (χ2v) is 7.12. The van der Waals surface area contributed by atoms with E-state index in [1.54, 1.807) is 4.57 Å². The summed E-state index contributed by atoms with van der Waals surface area (Å²) in [5.74, 6) is 1.52. The van der Waals surface area contributed by atoms with Crippen molar-refractivity contribution < 1.29 is 22.1 Å². The van der Waals surface area contributed by atoms with Crippen LogP contribution < -0.4 is 27.7 Å². The number of hydrogen-bond donors (Lipinski definition) is 0. The van der Waals surface area contributed by atoms with Gasteiger partial charge in [-0.25, -0.2) is 9.78 Å². The van der Waals surface area contributed by atoms with E-state index in [1.165, 1.54) is 19.3 Å². The number of para-hydroxylation sites is 3. The zero-order valence-electron chi connectivity index (χ0n) is 16.2. The number of aromatic amines is 1. The summed E-state index contributed by atoms with van der Waals surface area (Å²) in [7, 11) is 0. The largest absolute Gasteiger partial charge is 1.00 e. The van der Waals surface area contributed by atoms with Crippen molar-refractivity contribution in [1.29, 1.82) is 0 Å². The van der Waals surface area contributed by atoms with Crippen molar-refractivity contribution in [3.63, 3.8) is 0 Å². The first-order valence-corrected chi connectivity index (χ1v) is 9.72. The fourth-order valence-electron chi connectivity index (χ4n) is 3.82. The fourth-order valence-corrected chi connectivity index (χ4v) is 3.82. The van der Waals surface area contributed by atoms with Gasteiger partial charge >= 0.3 is 5.56 Å². The van der Waals surface area contributed by atoms with Gasteiger partial charge in [-0.15, -0.1) is 0 Å². The molecule has 1 aromatic heterocycles. The van der Waals surface area contributed by atoms with Crippen LogP contribution in [0.2, 0.25) is 0 Å². The molecule has 1 fully saturated rings. The summed E-state index contributed by atoms with van der Waals surface area (Å²) in [5.41, 5.74) is 1.59. The molecule has 0 bridgehead atoms. The van der Waals surface area contributed by atoms with Gasteiger partial charge in [-0.3, -0.25) is 4.90 Å². The first-order chi connectivity index (χ1) is 13.2. The molecule has 2 heterocycles. The summed E-state index contributed by atoms with van der Waals surface area (Å²) >= 11 is 0. The normalized spacial score (nSPS) is 14.6. The lowest BCUT2D eigenvalue weighted by Gasteiger charge is -2.26. The Balaban J connectivity index is 0.00000225. The molecule has 148 valence electrons. The molecule has 1 N–H and O–H groups in total. The molecular weight excluding hydrogens is 374 g/mol. The highest BCUT2D eigenvalue weighted by molar-refractivity contribution is 5.74. The van der Waals surface area contributed by atoms with E-state index in [9.17, 15) is 4.79 Å². The topological polar surface area (TPSA) is 48.6 Å². The van der Waals surface area contributed by atoms with Gasteiger partial charge in [-0.1, -0.05) is 30.7 Å². The van der Waals surface area contributed by atoms with Crippen molar-refractivity contribution >= 4 is 10.9 Å². The monoisotopic (exact) mass is 399 g/mol. The van der Waals surface area contributed by atoms with E-state index >= 15 is 0 Å². The van der Waals surface area contributed by atoms with Crippen LogP contribution >= 0.6 is 0 Å². The number of H-pyrrole nitrogens is 1. The summed E-state index contributed by atoms with van der Waals surface area (Å²) in [6, 6.07) is 15.4. The average molecular weight is 400 g/mol. The van der Waals surface area contributed by atoms with Crippen LogP contribution in [-0.4, -0.2) is 35.7 Å². The van der Waals surface area contributed by atoms with Crippen LogP contribution in [0.4, 0.5) is 0 Å². The van der Waals surface area contributed by atoms with E-state index in [4.69, 9.17) is 4.74 Å². The molecule has 0 spiro atoms. The molecule has 6 heteroatoms. The van der Waals surface area contributed by atoms with Crippen LogP contribution in [0.5, 0.6) is 5.75 Å². The number of benzene rings is 2. The molecule has 0 saturated carbocycles. The highest BCUT2D eigenvalue weighted by Gasteiger charge is 2.20. The number of hydrogen-bond acceptors (Lipinski definition) is 3. The highest BCUT2D eigenvalue weighted by atomic mass is 35.5. The van der Waals surface area contributed by atoms with Gasteiger partial charge in [-0.05, 0) is 50.2 Å². The average Bonchev–Trinajstić information content (AvgIpc) is 2.70. The van der Waals surface area contributed by atoms with E-state index in [2.05, 4.69) is 9.88 Å². The second-order valence-electron chi connectivity index (χ2n) is 7.12. The first-order valence-electron chi connectivity index (χ1n) is 9.72. The maximum atomic E-state index is 13.1. The number of nitrogens with zero attached hydrogens (tertiary/aromatic N) is 2. The molecule has 5 nitrogen and oxygen atoms in total. The number of piperidine rings is 1. The molecule has 0 atom stereocenters. The summed E-state index contributed by atoms with van der Waals surface area (Å²) in [4.78, 5) is 18.9. The molecule has 2 aromatic carbocycles.